The van der Waals surface area contributed by atoms with Gasteiger partial charge in [-0.2, -0.15) is 5.10 Å². The standard InChI is InChI=1S/C22H17ClN4O3/c23-17-8-4-5-9-18(17)26-21(28)16-13-24-27-15(11-10-14-6-2-1-3-7-14)12-19(22(29)30)25-20(16)27/h1-13,15,25H,(H,26,28)(H,29,30)/b11-10+. The molecule has 0 saturated carbocycles. The van der Waals surface area contributed by atoms with Gasteiger partial charge in [-0.05, 0) is 23.8 Å². The molecule has 0 aliphatic carbocycles. The van der Waals surface area contributed by atoms with Gasteiger partial charge in [0.15, 0.2) is 0 Å². The number of benzene rings is 2. The molecule has 4 rings (SSSR count). The number of hydrogen-bond donors (Lipinski definition) is 3. The Morgan fingerprint density at radius 2 is 1.87 bits per heavy atom. The topological polar surface area (TPSA) is 96.2 Å². The Kier molecular flexibility index (Phi) is 5.36. The van der Waals surface area contributed by atoms with Crippen molar-refractivity contribution >= 4 is 41.1 Å². The molecule has 0 bridgehead atoms. The first-order valence-electron chi connectivity index (χ1n) is 9.11. The molecule has 1 aromatic heterocycles. The van der Waals surface area contributed by atoms with E-state index < -0.39 is 17.9 Å². The summed E-state index contributed by atoms with van der Waals surface area (Å²) in [5.74, 6) is -1.28. The molecule has 2 aromatic carbocycles. The van der Waals surface area contributed by atoms with Gasteiger partial charge in [-0.1, -0.05) is 66.2 Å². The molecular weight excluding hydrogens is 404 g/mol. The van der Waals surface area contributed by atoms with Crippen molar-refractivity contribution < 1.29 is 14.7 Å². The average molecular weight is 421 g/mol. The zero-order valence-electron chi connectivity index (χ0n) is 15.6. The Hall–Kier alpha value is -3.84. The van der Waals surface area contributed by atoms with Crippen molar-refractivity contribution in [2.75, 3.05) is 10.6 Å². The first kappa shape index (κ1) is 19.5. The van der Waals surface area contributed by atoms with Crippen molar-refractivity contribution in [3.63, 3.8) is 0 Å². The molecule has 1 atom stereocenters. The van der Waals surface area contributed by atoms with Gasteiger partial charge in [0.05, 0.1) is 22.9 Å². The summed E-state index contributed by atoms with van der Waals surface area (Å²) in [6.45, 7) is 0. The number of hydrogen-bond acceptors (Lipinski definition) is 4. The summed E-state index contributed by atoms with van der Waals surface area (Å²) in [7, 11) is 0. The van der Waals surface area contributed by atoms with Crippen LogP contribution in [0.1, 0.15) is 22.0 Å². The molecule has 8 heteroatoms. The zero-order chi connectivity index (χ0) is 21.1. The second-order valence-corrected chi connectivity index (χ2v) is 6.96. The van der Waals surface area contributed by atoms with E-state index in [1.165, 1.54) is 12.3 Å². The van der Waals surface area contributed by atoms with E-state index in [2.05, 4.69) is 15.7 Å². The number of halogens is 1. The highest BCUT2D eigenvalue weighted by Gasteiger charge is 2.27. The first-order chi connectivity index (χ1) is 14.5. The molecule has 0 fully saturated rings. The second kappa shape index (κ2) is 8.26. The summed E-state index contributed by atoms with van der Waals surface area (Å²) in [5, 5.41) is 19.7. The molecule has 1 aliphatic rings. The summed E-state index contributed by atoms with van der Waals surface area (Å²) in [4.78, 5) is 24.4. The predicted molar refractivity (Wildman–Crippen MR) is 115 cm³/mol. The van der Waals surface area contributed by atoms with Crippen LogP contribution in [0.5, 0.6) is 0 Å². The Balaban J connectivity index is 1.66. The highest BCUT2D eigenvalue weighted by atomic mass is 35.5. The van der Waals surface area contributed by atoms with Gasteiger partial charge < -0.3 is 15.7 Å². The molecule has 1 aliphatic heterocycles. The van der Waals surface area contributed by atoms with Crippen LogP contribution in [0.3, 0.4) is 0 Å². The minimum atomic E-state index is -1.13. The molecule has 1 unspecified atom stereocenters. The number of para-hydroxylation sites is 1. The number of nitrogens with zero attached hydrogens (tertiary/aromatic N) is 2. The van der Waals surface area contributed by atoms with Crippen molar-refractivity contribution in [3.8, 4) is 0 Å². The molecule has 2 heterocycles. The van der Waals surface area contributed by atoms with Gasteiger partial charge in [0.2, 0.25) is 0 Å². The number of carboxylic acids is 1. The van der Waals surface area contributed by atoms with Gasteiger partial charge >= 0.3 is 5.97 Å². The van der Waals surface area contributed by atoms with E-state index in [0.29, 0.717) is 16.5 Å². The van der Waals surface area contributed by atoms with Crippen LogP contribution in [0.2, 0.25) is 5.02 Å². The minimum Gasteiger partial charge on any atom is -0.477 e. The number of aromatic nitrogens is 2. The molecule has 0 saturated heterocycles. The SMILES string of the molecule is O=C(O)C1=CC(/C=C/c2ccccc2)n2ncc(C(=O)Nc3ccccc3Cl)c2N1. The van der Waals surface area contributed by atoms with E-state index in [9.17, 15) is 14.7 Å². The average Bonchev–Trinajstić information content (AvgIpc) is 3.18. The number of nitrogens with one attached hydrogen (secondary N) is 2. The second-order valence-electron chi connectivity index (χ2n) is 6.56. The van der Waals surface area contributed by atoms with E-state index in [4.69, 9.17) is 11.6 Å². The molecule has 30 heavy (non-hydrogen) atoms. The van der Waals surface area contributed by atoms with E-state index in [-0.39, 0.29) is 11.3 Å². The van der Waals surface area contributed by atoms with Crippen LogP contribution in [-0.2, 0) is 4.79 Å². The number of fused-ring (bicyclic) bond motifs is 1. The maximum absolute atomic E-state index is 12.8. The summed E-state index contributed by atoms with van der Waals surface area (Å²) >= 11 is 6.11. The quantitative estimate of drug-likeness (QED) is 0.567. The van der Waals surface area contributed by atoms with Gasteiger partial charge in [0.1, 0.15) is 17.1 Å². The number of rotatable bonds is 5. The van der Waals surface area contributed by atoms with Gasteiger partial charge in [-0.25, -0.2) is 9.48 Å². The Bertz CT molecular complexity index is 1170. The lowest BCUT2D eigenvalue weighted by molar-refractivity contribution is -0.132. The fourth-order valence-corrected chi connectivity index (χ4v) is 3.26. The normalized spacial score (nSPS) is 15.2. The molecule has 150 valence electrons. The lowest BCUT2D eigenvalue weighted by Crippen LogP contribution is -2.24. The monoisotopic (exact) mass is 420 g/mol. The molecule has 7 nitrogen and oxygen atoms in total. The van der Waals surface area contributed by atoms with Crippen molar-refractivity contribution in [3.05, 3.63) is 94.8 Å². The van der Waals surface area contributed by atoms with Crippen molar-refractivity contribution in [1.82, 2.24) is 9.78 Å². The van der Waals surface area contributed by atoms with Crippen LogP contribution < -0.4 is 10.6 Å². The van der Waals surface area contributed by atoms with E-state index >= 15 is 0 Å². The number of amides is 1. The number of anilines is 2. The summed E-state index contributed by atoms with van der Waals surface area (Å²) in [5.41, 5.74) is 1.60. The third-order valence-corrected chi connectivity index (χ3v) is 4.88. The Morgan fingerprint density at radius 3 is 2.60 bits per heavy atom. The fourth-order valence-electron chi connectivity index (χ4n) is 3.08. The van der Waals surface area contributed by atoms with Crippen molar-refractivity contribution in [2.45, 2.75) is 6.04 Å². The van der Waals surface area contributed by atoms with E-state index in [1.54, 1.807) is 28.9 Å². The van der Waals surface area contributed by atoms with Crippen molar-refractivity contribution in [2.24, 2.45) is 0 Å². The van der Waals surface area contributed by atoms with E-state index in [0.717, 1.165) is 5.56 Å². The smallest absolute Gasteiger partial charge is 0.352 e. The molecule has 3 N–H and O–H groups in total. The number of aliphatic carboxylic acids is 1. The summed E-state index contributed by atoms with van der Waals surface area (Å²) < 4.78 is 1.56. The van der Waals surface area contributed by atoms with Crippen LogP contribution in [-0.4, -0.2) is 26.8 Å². The molecule has 3 aromatic rings. The number of allylic oxidation sites excluding steroid dienone is 2. The predicted octanol–water partition coefficient (Wildman–Crippen LogP) is 4.44. The molecule has 0 radical (unpaired) electrons. The number of carbonyl (C=O) groups excluding carboxylic acids is 1. The van der Waals surface area contributed by atoms with Crippen LogP contribution >= 0.6 is 11.6 Å². The Morgan fingerprint density at radius 1 is 1.13 bits per heavy atom. The minimum absolute atomic E-state index is 0.0301. The lowest BCUT2D eigenvalue weighted by atomic mass is 10.1. The molecule has 1 amide bonds. The summed E-state index contributed by atoms with van der Waals surface area (Å²) in [6.07, 6.45) is 6.64. The van der Waals surface area contributed by atoms with Gasteiger partial charge in [-0.3, -0.25) is 4.79 Å². The maximum Gasteiger partial charge on any atom is 0.352 e. The largest absolute Gasteiger partial charge is 0.477 e. The zero-order valence-corrected chi connectivity index (χ0v) is 16.4. The van der Waals surface area contributed by atoms with Crippen LogP contribution in [0.25, 0.3) is 6.08 Å². The summed E-state index contributed by atoms with van der Waals surface area (Å²) in [6, 6.07) is 16.0. The Labute approximate surface area is 177 Å². The van der Waals surface area contributed by atoms with Crippen LogP contribution in [0.15, 0.2) is 78.6 Å². The highest BCUT2D eigenvalue weighted by Crippen LogP contribution is 2.30. The lowest BCUT2D eigenvalue weighted by Gasteiger charge is -2.22. The molecular formula is C22H17ClN4O3. The number of carbonyl (C=O) groups is 2. The van der Waals surface area contributed by atoms with Gasteiger partial charge in [0, 0.05) is 0 Å². The highest BCUT2D eigenvalue weighted by molar-refractivity contribution is 6.34. The maximum atomic E-state index is 12.8. The third-order valence-electron chi connectivity index (χ3n) is 4.55. The van der Waals surface area contributed by atoms with E-state index in [1.807, 2.05) is 42.5 Å². The first-order valence-corrected chi connectivity index (χ1v) is 9.49. The van der Waals surface area contributed by atoms with Crippen LogP contribution in [0.4, 0.5) is 11.5 Å². The van der Waals surface area contributed by atoms with Crippen LogP contribution in [0, 0.1) is 0 Å². The fraction of sp³-hybridized carbons (Fsp3) is 0.0455. The number of carboxylic acid groups (broad SMARTS) is 1. The molecule has 0 spiro atoms. The third kappa shape index (κ3) is 3.97. The van der Waals surface area contributed by atoms with Crippen molar-refractivity contribution in [1.29, 1.82) is 0 Å². The van der Waals surface area contributed by atoms with Gasteiger partial charge in [-0.15, -0.1) is 0 Å². The van der Waals surface area contributed by atoms with Gasteiger partial charge in [0.25, 0.3) is 5.91 Å².